The van der Waals surface area contributed by atoms with Gasteiger partial charge in [-0.25, -0.2) is 0 Å². The minimum atomic E-state index is 1.35. The molecule has 0 spiro atoms. The molecule has 0 heterocycles. The van der Waals surface area contributed by atoms with E-state index in [4.69, 9.17) is 0 Å². The second kappa shape index (κ2) is 4.98. The summed E-state index contributed by atoms with van der Waals surface area (Å²) < 4.78 is 0. The summed E-state index contributed by atoms with van der Waals surface area (Å²) in [6, 6.07) is 0. The molecular weight excluding hydrogens is 116 g/mol. The quantitative estimate of drug-likeness (QED) is 0.550. The zero-order valence-electron chi connectivity index (χ0n) is 5.64. The molecule has 1 heteroatoms. The highest BCUT2D eigenvalue weighted by Crippen LogP contribution is 2.14. The molecule has 0 amide bonds. The summed E-state index contributed by atoms with van der Waals surface area (Å²) in [5, 5.41) is 2.08. The standard InChI is InChI=1S/C7H12S/c1-4-6-8-7(3)5-2/h4-6H,1-3H3/b6-4-,7-5-. The molecule has 0 radical (unpaired) electrons. The van der Waals surface area contributed by atoms with Gasteiger partial charge in [0, 0.05) is 0 Å². The van der Waals surface area contributed by atoms with Gasteiger partial charge in [0.2, 0.25) is 0 Å². The van der Waals surface area contributed by atoms with Gasteiger partial charge in [-0.1, -0.05) is 12.2 Å². The lowest BCUT2D eigenvalue weighted by Gasteiger charge is -1.88. The van der Waals surface area contributed by atoms with Crippen molar-refractivity contribution in [3.8, 4) is 0 Å². The highest BCUT2D eigenvalue weighted by atomic mass is 32.2. The zero-order valence-corrected chi connectivity index (χ0v) is 6.46. The lowest BCUT2D eigenvalue weighted by molar-refractivity contribution is 1.60. The number of rotatable bonds is 2. The van der Waals surface area contributed by atoms with Crippen LogP contribution in [0.1, 0.15) is 20.8 Å². The van der Waals surface area contributed by atoms with Crippen molar-refractivity contribution in [2.24, 2.45) is 0 Å². The largest absolute Gasteiger partial charge is 0.104 e. The van der Waals surface area contributed by atoms with E-state index in [2.05, 4.69) is 18.4 Å². The molecule has 0 bridgehead atoms. The molecule has 0 fully saturated rings. The van der Waals surface area contributed by atoms with Crippen molar-refractivity contribution in [2.45, 2.75) is 20.8 Å². The van der Waals surface area contributed by atoms with Crippen molar-refractivity contribution in [1.82, 2.24) is 0 Å². The van der Waals surface area contributed by atoms with Crippen LogP contribution in [0.4, 0.5) is 0 Å². The first-order chi connectivity index (χ1) is 3.81. The predicted molar refractivity (Wildman–Crippen MR) is 41.8 cm³/mol. The summed E-state index contributed by atoms with van der Waals surface area (Å²) in [5.74, 6) is 0. The van der Waals surface area contributed by atoms with E-state index >= 15 is 0 Å². The topological polar surface area (TPSA) is 0 Å². The third-order valence-electron chi connectivity index (χ3n) is 0.797. The molecule has 0 saturated heterocycles. The number of hydrogen-bond donors (Lipinski definition) is 0. The first-order valence-electron chi connectivity index (χ1n) is 2.72. The molecule has 0 atom stereocenters. The van der Waals surface area contributed by atoms with Gasteiger partial charge in [-0.05, 0) is 31.1 Å². The SMILES string of the molecule is C/C=C\S/C(C)=C\C. The smallest absolute Gasteiger partial charge is 0.0182 e. The number of hydrogen-bond acceptors (Lipinski definition) is 1. The Labute approximate surface area is 55.7 Å². The van der Waals surface area contributed by atoms with Crippen LogP contribution in [0.3, 0.4) is 0 Å². The normalized spacial score (nSPS) is 13.1. The molecule has 0 aliphatic rings. The molecule has 0 aromatic carbocycles. The molecule has 0 saturated carbocycles. The third kappa shape index (κ3) is 4.00. The Hall–Kier alpha value is -0.170. The molecule has 8 heavy (non-hydrogen) atoms. The van der Waals surface area contributed by atoms with Crippen LogP contribution in [-0.4, -0.2) is 0 Å². The molecule has 0 aliphatic carbocycles. The minimum absolute atomic E-state index is 1.35. The van der Waals surface area contributed by atoms with Gasteiger partial charge >= 0.3 is 0 Å². The first-order valence-corrected chi connectivity index (χ1v) is 3.60. The van der Waals surface area contributed by atoms with Gasteiger partial charge in [0.05, 0.1) is 0 Å². The van der Waals surface area contributed by atoms with E-state index in [0.717, 1.165) is 0 Å². The Morgan fingerprint density at radius 2 is 2.00 bits per heavy atom. The Morgan fingerprint density at radius 1 is 1.38 bits per heavy atom. The van der Waals surface area contributed by atoms with Gasteiger partial charge in [-0.15, -0.1) is 11.8 Å². The average molecular weight is 128 g/mol. The summed E-state index contributed by atoms with van der Waals surface area (Å²) in [7, 11) is 0. The molecule has 46 valence electrons. The van der Waals surface area contributed by atoms with Crippen LogP contribution in [0.25, 0.3) is 0 Å². The highest BCUT2D eigenvalue weighted by Gasteiger charge is 1.78. The van der Waals surface area contributed by atoms with Crippen LogP contribution in [0.15, 0.2) is 22.5 Å². The second-order valence-electron chi connectivity index (χ2n) is 1.49. The van der Waals surface area contributed by atoms with Crippen molar-refractivity contribution < 1.29 is 0 Å². The van der Waals surface area contributed by atoms with Crippen LogP contribution in [-0.2, 0) is 0 Å². The van der Waals surface area contributed by atoms with Gasteiger partial charge in [0.15, 0.2) is 0 Å². The Bertz CT molecular complexity index is 101. The zero-order chi connectivity index (χ0) is 6.41. The minimum Gasteiger partial charge on any atom is -0.104 e. The van der Waals surface area contributed by atoms with E-state index in [1.165, 1.54) is 4.91 Å². The van der Waals surface area contributed by atoms with E-state index in [0.29, 0.717) is 0 Å². The van der Waals surface area contributed by atoms with Gasteiger partial charge in [0.25, 0.3) is 0 Å². The summed E-state index contributed by atoms with van der Waals surface area (Å²) in [4.78, 5) is 1.35. The molecule has 0 aromatic rings. The Balaban J connectivity index is 3.40. The molecule has 0 aliphatic heterocycles. The maximum atomic E-state index is 2.10. The van der Waals surface area contributed by atoms with E-state index < -0.39 is 0 Å². The summed E-state index contributed by atoms with van der Waals surface area (Å²) in [6.45, 7) is 6.17. The lowest BCUT2D eigenvalue weighted by atomic mass is 10.6. The summed E-state index contributed by atoms with van der Waals surface area (Å²) in [6.07, 6.45) is 4.14. The van der Waals surface area contributed by atoms with E-state index in [9.17, 15) is 0 Å². The van der Waals surface area contributed by atoms with E-state index in [1.807, 2.05) is 19.9 Å². The van der Waals surface area contributed by atoms with Crippen molar-refractivity contribution in [1.29, 1.82) is 0 Å². The summed E-state index contributed by atoms with van der Waals surface area (Å²) in [5.41, 5.74) is 0. The maximum Gasteiger partial charge on any atom is -0.0182 e. The molecular formula is C7H12S. The molecule has 0 unspecified atom stereocenters. The first kappa shape index (κ1) is 7.83. The van der Waals surface area contributed by atoms with Crippen molar-refractivity contribution >= 4 is 11.8 Å². The van der Waals surface area contributed by atoms with Crippen molar-refractivity contribution in [3.05, 3.63) is 22.5 Å². The molecule has 0 nitrogen and oxygen atoms in total. The molecule has 0 rings (SSSR count). The number of thioether (sulfide) groups is 1. The molecule has 0 N–H and O–H groups in total. The second-order valence-corrected chi connectivity index (χ2v) is 2.64. The van der Waals surface area contributed by atoms with Gasteiger partial charge < -0.3 is 0 Å². The van der Waals surface area contributed by atoms with Crippen molar-refractivity contribution in [3.63, 3.8) is 0 Å². The third-order valence-corrected chi connectivity index (χ3v) is 1.81. The fourth-order valence-electron chi connectivity index (χ4n) is 0.243. The molecule has 0 aromatic heterocycles. The van der Waals surface area contributed by atoms with E-state index in [-0.39, 0.29) is 0 Å². The van der Waals surface area contributed by atoms with Crippen LogP contribution in [0.5, 0.6) is 0 Å². The van der Waals surface area contributed by atoms with Gasteiger partial charge in [-0.2, -0.15) is 0 Å². The van der Waals surface area contributed by atoms with Crippen molar-refractivity contribution in [2.75, 3.05) is 0 Å². The van der Waals surface area contributed by atoms with Crippen LogP contribution in [0, 0.1) is 0 Å². The van der Waals surface area contributed by atoms with Crippen LogP contribution in [0.2, 0.25) is 0 Å². The fourth-order valence-corrected chi connectivity index (χ4v) is 0.730. The maximum absolute atomic E-state index is 2.10. The van der Waals surface area contributed by atoms with Crippen LogP contribution >= 0.6 is 11.8 Å². The Kier molecular flexibility index (Phi) is 4.87. The summed E-state index contributed by atoms with van der Waals surface area (Å²) >= 11 is 1.76. The monoisotopic (exact) mass is 128 g/mol. The van der Waals surface area contributed by atoms with E-state index in [1.54, 1.807) is 11.8 Å². The van der Waals surface area contributed by atoms with Gasteiger partial charge in [0.1, 0.15) is 0 Å². The van der Waals surface area contributed by atoms with Crippen LogP contribution < -0.4 is 0 Å². The average Bonchev–Trinajstić information content (AvgIpc) is 1.83. The number of allylic oxidation sites excluding steroid dienone is 3. The fraction of sp³-hybridized carbons (Fsp3) is 0.429. The lowest BCUT2D eigenvalue weighted by Crippen LogP contribution is -1.57. The highest BCUT2D eigenvalue weighted by molar-refractivity contribution is 8.05. The Morgan fingerprint density at radius 3 is 2.38 bits per heavy atom. The predicted octanol–water partition coefficient (Wildman–Crippen LogP) is 3.18. The van der Waals surface area contributed by atoms with Gasteiger partial charge in [-0.3, -0.25) is 0 Å².